The molecule has 3 rings (SSSR count). The van der Waals surface area contributed by atoms with E-state index < -0.39 is 0 Å². The molecule has 0 unspecified atom stereocenters. The second kappa shape index (κ2) is 5.68. The van der Waals surface area contributed by atoms with E-state index in [9.17, 15) is 0 Å². The summed E-state index contributed by atoms with van der Waals surface area (Å²) in [6, 6.07) is 17.3. The summed E-state index contributed by atoms with van der Waals surface area (Å²) in [6.07, 6.45) is 3.12. The van der Waals surface area contributed by atoms with Crippen molar-refractivity contribution in [3.05, 3.63) is 65.2 Å². The SMILES string of the molecule is COc1ccc2c(c1)CC[C@@H](N)[C@H]2Cc1ccccc1. The molecule has 0 heterocycles. The summed E-state index contributed by atoms with van der Waals surface area (Å²) in [7, 11) is 1.72. The third kappa shape index (κ3) is 2.56. The van der Waals surface area contributed by atoms with Gasteiger partial charge in [-0.1, -0.05) is 36.4 Å². The molecule has 2 aromatic carbocycles. The molecule has 0 spiro atoms. The Labute approximate surface area is 120 Å². The Bertz CT molecular complexity index is 579. The number of ether oxygens (including phenoxy) is 1. The highest BCUT2D eigenvalue weighted by Gasteiger charge is 2.27. The lowest BCUT2D eigenvalue weighted by molar-refractivity contribution is 0.411. The molecule has 2 heteroatoms. The summed E-state index contributed by atoms with van der Waals surface area (Å²) in [4.78, 5) is 0. The minimum atomic E-state index is 0.246. The lowest BCUT2D eigenvalue weighted by Gasteiger charge is -2.31. The van der Waals surface area contributed by atoms with Gasteiger partial charge < -0.3 is 10.5 Å². The van der Waals surface area contributed by atoms with Crippen LogP contribution in [0, 0.1) is 0 Å². The van der Waals surface area contributed by atoms with Gasteiger partial charge in [0.25, 0.3) is 0 Å². The van der Waals surface area contributed by atoms with E-state index in [-0.39, 0.29) is 6.04 Å². The smallest absolute Gasteiger partial charge is 0.119 e. The molecule has 0 fully saturated rings. The quantitative estimate of drug-likeness (QED) is 0.926. The van der Waals surface area contributed by atoms with Crippen molar-refractivity contribution >= 4 is 0 Å². The molecule has 0 radical (unpaired) electrons. The molecule has 0 aromatic heterocycles. The van der Waals surface area contributed by atoms with Gasteiger partial charge in [0.1, 0.15) is 5.75 Å². The summed E-state index contributed by atoms with van der Waals surface area (Å²) in [5, 5.41) is 0. The number of hydrogen-bond donors (Lipinski definition) is 1. The topological polar surface area (TPSA) is 35.2 Å². The van der Waals surface area contributed by atoms with Gasteiger partial charge in [0, 0.05) is 12.0 Å². The molecular weight excluding hydrogens is 246 g/mol. The van der Waals surface area contributed by atoms with Crippen LogP contribution in [0.25, 0.3) is 0 Å². The Morgan fingerprint density at radius 3 is 2.70 bits per heavy atom. The zero-order valence-corrected chi connectivity index (χ0v) is 11.9. The average Bonchev–Trinajstić information content (AvgIpc) is 2.50. The maximum atomic E-state index is 6.38. The fourth-order valence-corrected chi connectivity index (χ4v) is 3.17. The predicted molar refractivity (Wildman–Crippen MR) is 82.2 cm³/mol. The molecule has 0 aliphatic heterocycles. The van der Waals surface area contributed by atoms with E-state index in [1.807, 2.05) is 0 Å². The maximum absolute atomic E-state index is 6.38. The monoisotopic (exact) mass is 267 g/mol. The first-order chi connectivity index (χ1) is 9.78. The maximum Gasteiger partial charge on any atom is 0.119 e. The van der Waals surface area contributed by atoms with E-state index in [4.69, 9.17) is 10.5 Å². The zero-order valence-electron chi connectivity index (χ0n) is 11.9. The van der Waals surface area contributed by atoms with E-state index >= 15 is 0 Å². The number of fused-ring (bicyclic) bond motifs is 1. The van der Waals surface area contributed by atoms with Crippen LogP contribution in [0.15, 0.2) is 48.5 Å². The zero-order chi connectivity index (χ0) is 13.9. The first kappa shape index (κ1) is 13.2. The molecule has 1 aliphatic carbocycles. The summed E-state index contributed by atoms with van der Waals surface area (Å²) >= 11 is 0. The average molecular weight is 267 g/mol. The van der Waals surface area contributed by atoms with Crippen molar-refractivity contribution in [2.45, 2.75) is 31.2 Å². The van der Waals surface area contributed by atoms with Crippen molar-refractivity contribution in [2.24, 2.45) is 5.73 Å². The lowest BCUT2D eigenvalue weighted by Crippen LogP contribution is -2.34. The molecular formula is C18H21NO. The van der Waals surface area contributed by atoms with Crippen molar-refractivity contribution in [2.75, 3.05) is 7.11 Å². The largest absolute Gasteiger partial charge is 0.497 e. The minimum absolute atomic E-state index is 0.246. The molecule has 2 nitrogen and oxygen atoms in total. The van der Waals surface area contributed by atoms with Gasteiger partial charge in [0.2, 0.25) is 0 Å². The minimum Gasteiger partial charge on any atom is -0.497 e. The van der Waals surface area contributed by atoms with E-state index in [2.05, 4.69) is 48.5 Å². The van der Waals surface area contributed by atoms with Crippen LogP contribution in [0.3, 0.4) is 0 Å². The van der Waals surface area contributed by atoms with Gasteiger partial charge in [-0.3, -0.25) is 0 Å². The molecule has 20 heavy (non-hydrogen) atoms. The van der Waals surface area contributed by atoms with E-state index in [0.29, 0.717) is 5.92 Å². The van der Waals surface area contributed by atoms with Gasteiger partial charge in [-0.15, -0.1) is 0 Å². The Kier molecular flexibility index (Phi) is 3.75. The van der Waals surface area contributed by atoms with Crippen LogP contribution < -0.4 is 10.5 Å². The summed E-state index contributed by atoms with van der Waals surface area (Å²) in [6.45, 7) is 0. The fourth-order valence-electron chi connectivity index (χ4n) is 3.17. The third-order valence-electron chi connectivity index (χ3n) is 4.31. The van der Waals surface area contributed by atoms with Crippen LogP contribution in [-0.2, 0) is 12.8 Å². The Balaban J connectivity index is 1.91. The molecule has 1 aliphatic rings. The number of methoxy groups -OCH3 is 1. The molecule has 0 saturated heterocycles. The van der Waals surface area contributed by atoms with Crippen LogP contribution in [0.5, 0.6) is 5.75 Å². The first-order valence-electron chi connectivity index (χ1n) is 7.24. The van der Waals surface area contributed by atoms with Crippen molar-refractivity contribution in [1.29, 1.82) is 0 Å². The van der Waals surface area contributed by atoms with E-state index in [0.717, 1.165) is 25.0 Å². The van der Waals surface area contributed by atoms with Gasteiger partial charge in [0.05, 0.1) is 7.11 Å². The normalized spacial score (nSPS) is 21.3. The molecule has 0 bridgehead atoms. The molecule has 2 atom stereocenters. The van der Waals surface area contributed by atoms with Crippen molar-refractivity contribution in [1.82, 2.24) is 0 Å². The fraction of sp³-hybridized carbons (Fsp3) is 0.333. The standard InChI is InChI=1S/C18H21NO/c1-20-15-8-9-16-14(12-15)7-10-18(19)17(16)11-13-5-3-2-4-6-13/h2-6,8-9,12,17-18H,7,10-11,19H2,1H3/t17-,18+/m0/s1. The molecule has 0 amide bonds. The second-order valence-corrected chi connectivity index (χ2v) is 5.56. The molecule has 104 valence electrons. The van der Waals surface area contributed by atoms with Gasteiger partial charge in [-0.25, -0.2) is 0 Å². The first-order valence-corrected chi connectivity index (χ1v) is 7.24. The van der Waals surface area contributed by atoms with Crippen LogP contribution in [-0.4, -0.2) is 13.2 Å². The van der Waals surface area contributed by atoms with Gasteiger partial charge in [0.15, 0.2) is 0 Å². The highest BCUT2D eigenvalue weighted by atomic mass is 16.5. The lowest BCUT2D eigenvalue weighted by atomic mass is 9.76. The third-order valence-corrected chi connectivity index (χ3v) is 4.31. The van der Waals surface area contributed by atoms with E-state index in [1.54, 1.807) is 7.11 Å². The second-order valence-electron chi connectivity index (χ2n) is 5.56. The van der Waals surface area contributed by atoms with Crippen LogP contribution >= 0.6 is 0 Å². The molecule has 2 aromatic rings. The van der Waals surface area contributed by atoms with Crippen LogP contribution in [0.4, 0.5) is 0 Å². The number of nitrogens with two attached hydrogens (primary N) is 1. The highest BCUT2D eigenvalue weighted by Crippen LogP contribution is 2.35. The summed E-state index contributed by atoms with van der Waals surface area (Å²) < 4.78 is 5.33. The Hall–Kier alpha value is -1.80. The number of hydrogen-bond acceptors (Lipinski definition) is 2. The van der Waals surface area contributed by atoms with Crippen molar-refractivity contribution in [3.63, 3.8) is 0 Å². The number of rotatable bonds is 3. The Morgan fingerprint density at radius 1 is 1.15 bits per heavy atom. The van der Waals surface area contributed by atoms with Gasteiger partial charge in [-0.2, -0.15) is 0 Å². The van der Waals surface area contributed by atoms with Gasteiger partial charge >= 0.3 is 0 Å². The number of benzene rings is 2. The summed E-state index contributed by atoms with van der Waals surface area (Å²) in [5.74, 6) is 1.35. The van der Waals surface area contributed by atoms with E-state index in [1.165, 1.54) is 16.7 Å². The molecule has 0 saturated carbocycles. The highest BCUT2D eigenvalue weighted by molar-refractivity contribution is 5.41. The van der Waals surface area contributed by atoms with Crippen molar-refractivity contribution in [3.8, 4) is 5.75 Å². The van der Waals surface area contributed by atoms with Crippen molar-refractivity contribution < 1.29 is 4.74 Å². The molecule has 2 N–H and O–H groups in total. The van der Waals surface area contributed by atoms with Crippen LogP contribution in [0.2, 0.25) is 0 Å². The summed E-state index contributed by atoms with van der Waals surface area (Å²) in [5.41, 5.74) is 10.5. The van der Waals surface area contributed by atoms with Gasteiger partial charge in [-0.05, 0) is 48.1 Å². The Morgan fingerprint density at radius 2 is 1.95 bits per heavy atom. The predicted octanol–water partition coefficient (Wildman–Crippen LogP) is 3.30. The number of aryl methyl sites for hydroxylation is 1. The van der Waals surface area contributed by atoms with Crippen LogP contribution in [0.1, 0.15) is 29.0 Å².